The molecule has 74 valence electrons. The Morgan fingerprint density at radius 1 is 1.57 bits per heavy atom. The standard InChI is InChI=1S/C10H14N4/c1-8(12-2)7-13-10-5-3-4-9(6-11)14-10/h3-5,8,12H,7H2,1-2H3,(H,13,14). The molecule has 0 saturated heterocycles. The summed E-state index contributed by atoms with van der Waals surface area (Å²) in [6.07, 6.45) is 0. The SMILES string of the molecule is CNC(C)CNc1cccc(C#N)n1. The van der Waals surface area contributed by atoms with Crippen molar-refractivity contribution in [1.29, 1.82) is 5.26 Å². The second-order valence-electron chi connectivity index (χ2n) is 3.09. The first-order chi connectivity index (χ1) is 6.76. The van der Waals surface area contributed by atoms with E-state index in [4.69, 9.17) is 5.26 Å². The summed E-state index contributed by atoms with van der Waals surface area (Å²) in [4.78, 5) is 4.10. The van der Waals surface area contributed by atoms with Crippen LogP contribution >= 0.6 is 0 Å². The van der Waals surface area contributed by atoms with Crippen LogP contribution in [0.15, 0.2) is 18.2 Å². The topological polar surface area (TPSA) is 60.7 Å². The van der Waals surface area contributed by atoms with Gasteiger partial charge >= 0.3 is 0 Å². The van der Waals surface area contributed by atoms with Gasteiger partial charge in [-0.25, -0.2) is 4.98 Å². The van der Waals surface area contributed by atoms with Crippen molar-refractivity contribution in [3.63, 3.8) is 0 Å². The monoisotopic (exact) mass is 190 g/mol. The van der Waals surface area contributed by atoms with Crippen LogP contribution in [0.3, 0.4) is 0 Å². The number of likely N-dealkylation sites (N-methyl/N-ethyl adjacent to an activating group) is 1. The van der Waals surface area contributed by atoms with Crippen molar-refractivity contribution in [2.24, 2.45) is 0 Å². The molecule has 1 aromatic rings. The minimum absolute atomic E-state index is 0.377. The number of nitrogens with one attached hydrogen (secondary N) is 2. The molecule has 0 fully saturated rings. The summed E-state index contributed by atoms with van der Waals surface area (Å²) in [6.45, 7) is 2.86. The Hall–Kier alpha value is -1.60. The molecule has 0 aliphatic heterocycles. The maximum absolute atomic E-state index is 8.63. The van der Waals surface area contributed by atoms with Gasteiger partial charge < -0.3 is 10.6 Å². The molecule has 1 unspecified atom stereocenters. The van der Waals surface area contributed by atoms with Crippen LogP contribution in [0.4, 0.5) is 5.82 Å². The lowest BCUT2D eigenvalue weighted by Crippen LogP contribution is -2.29. The number of rotatable bonds is 4. The third kappa shape index (κ3) is 3.04. The third-order valence-corrected chi connectivity index (χ3v) is 1.95. The normalized spacial score (nSPS) is 11.8. The second-order valence-corrected chi connectivity index (χ2v) is 3.09. The largest absolute Gasteiger partial charge is 0.368 e. The lowest BCUT2D eigenvalue weighted by molar-refractivity contribution is 0.637. The predicted octanol–water partition coefficient (Wildman–Crippen LogP) is 0.973. The lowest BCUT2D eigenvalue weighted by Gasteiger charge is -2.11. The molecule has 0 spiro atoms. The van der Waals surface area contributed by atoms with Crippen LogP contribution in [0.2, 0.25) is 0 Å². The Balaban J connectivity index is 2.55. The van der Waals surface area contributed by atoms with Crippen molar-refractivity contribution in [1.82, 2.24) is 10.3 Å². The van der Waals surface area contributed by atoms with Gasteiger partial charge in [-0.3, -0.25) is 0 Å². The molecule has 14 heavy (non-hydrogen) atoms. The van der Waals surface area contributed by atoms with Crippen molar-refractivity contribution in [3.8, 4) is 6.07 Å². The fourth-order valence-corrected chi connectivity index (χ4v) is 0.955. The molecule has 1 aromatic heterocycles. The van der Waals surface area contributed by atoms with Gasteiger partial charge in [0.2, 0.25) is 0 Å². The van der Waals surface area contributed by atoms with Gasteiger partial charge in [-0.1, -0.05) is 6.07 Å². The van der Waals surface area contributed by atoms with Gasteiger partial charge in [0.25, 0.3) is 0 Å². The van der Waals surface area contributed by atoms with Crippen LogP contribution < -0.4 is 10.6 Å². The molecule has 4 nitrogen and oxygen atoms in total. The number of anilines is 1. The van der Waals surface area contributed by atoms with Crippen LogP contribution in [0.5, 0.6) is 0 Å². The van der Waals surface area contributed by atoms with Gasteiger partial charge in [0.1, 0.15) is 17.6 Å². The molecule has 0 bridgehead atoms. The van der Waals surface area contributed by atoms with E-state index in [2.05, 4.69) is 22.5 Å². The van der Waals surface area contributed by atoms with Crippen molar-refractivity contribution >= 4 is 5.82 Å². The predicted molar refractivity (Wildman–Crippen MR) is 56.0 cm³/mol. The third-order valence-electron chi connectivity index (χ3n) is 1.95. The highest BCUT2D eigenvalue weighted by Crippen LogP contribution is 2.03. The van der Waals surface area contributed by atoms with Gasteiger partial charge in [0, 0.05) is 12.6 Å². The molecule has 0 aromatic carbocycles. The molecule has 0 amide bonds. The molecule has 0 aliphatic rings. The molecule has 0 radical (unpaired) electrons. The van der Waals surface area contributed by atoms with Crippen LogP contribution in [-0.4, -0.2) is 24.6 Å². The number of nitriles is 1. The quantitative estimate of drug-likeness (QED) is 0.742. The highest BCUT2D eigenvalue weighted by molar-refractivity contribution is 5.38. The average Bonchev–Trinajstić information content (AvgIpc) is 2.26. The van der Waals surface area contributed by atoms with Crippen LogP contribution in [0.1, 0.15) is 12.6 Å². The summed E-state index contributed by atoms with van der Waals surface area (Å²) in [5.74, 6) is 0.742. The highest BCUT2D eigenvalue weighted by atomic mass is 15.0. The van der Waals surface area contributed by atoms with E-state index in [1.54, 1.807) is 6.07 Å². The van der Waals surface area contributed by atoms with E-state index in [1.807, 2.05) is 25.2 Å². The van der Waals surface area contributed by atoms with Crippen molar-refractivity contribution in [2.75, 3.05) is 18.9 Å². The summed E-state index contributed by atoms with van der Waals surface area (Å²) < 4.78 is 0. The average molecular weight is 190 g/mol. The van der Waals surface area contributed by atoms with E-state index in [0.717, 1.165) is 12.4 Å². The maximum atomic E-state index is 8.63. The molecule has 0 aliphatic carbocycles. The molecular weight excluding hydrogens is 176 g/mol. The second kappa shape index (κ2) is 5.20. The van der Waals surface area contributed by atoms with E-state index in [1.165, 1.54) is 0 Å². The Labute approximate surface area is 84.0 Å². The number of nitrogens with zero attached hydrogens (tertiary/aromatic N) is 2. The van der Waals surface area contributed by atoms with E-state index >= 15 is 0 Å². The number of pyridine rings is 1. The number of hydrogen-bond donors (Lipinski definition) is 2. The minimum Gasteiger partial charge on any atom is -0.368 e. The lowest BCUT2D eigenvalue weighted by atomic mass is 10.3. The first-order valence-electron chi connectivity index (χ1n) is 4.54. The van der Waals surface area contributed by atoms with Gasteiger partial charge in [-0.05, 0) is 26.1 Å². The summed E-state index contributed by atoms with van der Waals surface area (Å²) in [7, 11) is 1.91. The summed E-state index contributed by atoms with van der Waals surface area (Å²) >= 11 is 0. The Kier molecular flexibility index (Phi) is 3.89. The first kappa shape index (κ1) is 10.5. The Morgan fingerprint density at radius 3 is 3.00 bits per heavy atom. The van der Waals surface area contributed by atoms with E-state index < -0.39 is 0 Å². The minimum atomic E-state index is 0.377. The van der Waals surface area contributed by atoms with Crippen molar-refractivity contribution in [3.05, 3.63) is 23.9 Å². The van der Waals surface area contributed by atoms with E-state index in [-0.39, 0.29) is 0 Å². The maximum Gasteiger partial charge on any atom is 0.142 e. The summed E-state index contributed by atoms with van der Waals surface area (Å²) in [5.41, 5.74) is 0.437. The zero-order chi connectivity index (χ0) is 10.4. The van der Waals surface area contributed by atoms with Gasteiger partial charge in [0.05, 0.1) is 0 Å². The molecule has 2 N–H and O–H groups in total. The van der Waals surface area contributed by atoms with E-state index in [0.29, 0.717) is 11.7 Å². The van der Waals surface area contributed by atoms with E-state index in [9.17, 15) is 0 Å². The fourth-order valence-electron chi connectivity index (χ4n) is 0.955. The molecule has 0 saturated carbocycles. The Bertz CT molecular complexity index is 329. The van der Waals surface area contributed by atoms with Crippen LogP contribution in [0, 0.1) is 11.3 Å². The fraction of sp³-hybridized carbons (Fsp3) is 0.400. The van der Waals surface area contributed by atoms with Crippen molar-refractivity contribution in [2.45, 2.75) is 13.0 Å². The smallest absolute Gasteiger partial charge is 0.142 e. The molecule has 1 rings (SSSR count). The zero-order valence-electron chi connectivity index (χ0n) is 8.41. The number of hydrogen-bond acceptors (Lipinski definition) is 4. The van der Waals surface area contributed by atoms with Gasteiger partial charge in [0.15, 0.2) is 0 Å². The summed E-state index contributed by atoms with van der Waals surface area (Å²) in [5, 5.41) is 14.9. The zero-order valence-corrected chi connectivity index (χ0v) is 8.41. The Morgan fingerprint density at radius 2 is 2.36 bits per heavy atom. The molecular formula is C10H14N4. The van der Waals surface area contributed by atoms with Crippen molar-refractivity contribution < 1.29 is 0 Å². The van der Waals surface area contributed by atoms with Crippen LogP contribution in [0.25, 0.3) is 0 Å². The number of aromatic nitrogens is 1. The van der Waals surface area contributed by atoms with Gasteiger partial charge in [-0.2, -0.15) is 5.26 Å². The molecule has 4 heteroatoms. The summed E-state index contributed by atoms with van der Waals surface area (Å²) in [6, 6.07) is 7.73. The first-order valence-corrected chi connectivity index (χ1v) is 4.54. The van der Waals surface area contributed by atoms with Crippen LogP contribution in [-0.2, 0) is 0 Å². The molecule has 1 atom stereocenters. The van der Waals surface area contributed by atoms with Gasteiger partial charge in [-0.15, -0.1) is 0 Å². The molecule has 1 heterocycles. The highest BCUT2D eigenvalue weighted by Gasteiger charge is 1.99.